The van der Waals surface area contributed by atoms with Crippen LogP contribution >= 0.6 is 0 Å². The van der Waals surface area contributed by atoms with Crippen molar-refractivity contribution >= 4 is 23.9 Å². The van der Waals surface area contributed by atoms with Gasteiger partial charge >= 0.3 is 23.9 Å². The van der Waals surface area contributed by atoms with Crippen molar-refractivity contribution in [3.8, 4) is 0 Å². The lowest BCUT2D eigenvalue weighted by atomic mass is 9.92. The van der Waals surface area contributed by atoms with Crippen LogP contribution in [0.2, 0.25) is 0 Å². The monoisotopic (exact) mass is 346 g/mol. The van der Waals surface area contributed by atoms with E-state index in [1.807, 2.05) is 0 Å². The minimum Gasteiger partial charge on any atom is -0.463 e. The van der Waals surface area contributed by atoms with E-state index < -0.39 is 54.4 Å². The van der Waals surface area contributed by atoms with E-state index >= 15 is 0 Å². The average molecular weight is 346 g/mol. The fourth-order valence-corrected chi connectivity index (χ4v) is 2.37. The van der Waals surface area contributed by atoms with Crippen molar-refractivity contribution in [3.05, 3.63) is 0 Å². The molecule has 0 spiro atoms. The quantitative estimate of drug-likeness (QED) is 0.513. The summed E-state index contributed by atoms with van der Waals surface area (Å²) in [4.78, 5) is 45.1. The van der Waals surface area contributed by atoms with Gasteiger partial charge in [-0.1, -0.05) is 6.92 Å². The largest absolute Gasteiger partial charge is 0.463 e. The molecule has 1 aliphatic rings. The van der Waals surface area contributed by atoms with E-state index in [1.54, 1.807) is 6.92 Å². The molecule has 136 valence electrons. The maximum absolute atomic E-state index is 11.4. The Bertz CT molecular complexity index is 485. The summed E-state index contributed by atoms with van der Waals surface area (Å²) in [6, 6.07) is 0. The van der Waals surface area contributed by atoms with Gasteiger partial charge in [0.15, 0.2) is 6.10 Å². The van der Waals surface area contributed by atoms with E-state index in [4.69, 9.17) is 23.7 Å². The Labute approximate surface area is 139 Å². The second kappa shape index (κ2) is 8.62. The van der Waals surface area contributed by atoms with Gasteiger partial charge in [-0.05, 0) is 0 Å². The van der Waals surface area contributed by atoms with Gasteiger partial charge < -0.3 is 23.7 Å². The highest BCUT2D eigenvalue weighted by atomic mass is 16.7. The minimum absolute atomic E-state index is 0.254. The summed E-state index contributed by atoms with van der Waals surface area (Å²) in [5, 5.41) is 0. The van der Waals surface area contributed by atoms with Gasteiger partial charge in [-0.2, -0.15) is 0 Å². The number of carbonyl (C=O) groups excluding carboxylic acids is 4. The van der Waals surface area contributed by atoms with Gasteiger partial charge in [0.2, 0.25) is 6.29 Å². The summed E-state index contributed by atoms with van der Waals surface area (Å²) in [5.41, 5.74) is 0. The van der Waals surface area contributed by atoms with Gasteiger partial charge in [0.25, 0.3) is 0 Å². The van der Waals surface area contributed by atoms with Crippen molar-refractivity contribution in [1.29, 1.82) is 0 Å². The molecule has 1 saturated heterocycles. The van der Waals surface area contributed by atoms with Gasteiger partial charge in [0, 0.05) is 27.7 Å². The van der Waals surface area contributed by atoms with Gasteiger partial charge in [0.05, 0.1) is 5.92 Å². The Kier molecular flexibility index (Phi) is 7.15. The van der Waals surface area contributed by atoms with Crippen LogP contribution in [-0.2, 0) is 42.9 Å². The van der Waals surface area contributed by atoms with Crippen molar-refractivity contribution in [2.45, 2.75) is 59.2 Å². The number of esters is 4. The van der Waals surface area contributed by atoms with E-state index in [0.717, 1.165) is 0 Å². The van der Waals surface area contributed by atoms with Crippen LogP contribution in [0.25, 0.3) is 0 Å². The van der Waals surface area contributed by atoms with Crippen LogP contribution in [0, 0.1) is 5.92 Å². The fourth-order valence-electron chi connectivity index (χ4n) is 2.37. The second-order valence-corrected chi connectivity index (χ2v) is 5.46. The van der Waals surface area contributed by atoms with Crippen molar-refractivity contribution < 1.29 is 42.9 Å². The molecule has 0 radical (unpaired) electrons. The first-order valence-corrected chi connectivity index (χ1v) is 7.42. The number of ether oxygens (including phenoxy) is 5. The number of hydrogen-bond acceptors (Lipinski definition) is 9. The zero-order valence-corrected chi connectivity index (χ0v) is 14.3. The van der Waals surface area contributed by atoms with Crippen LogP contribution < -0.4 is 0 Å². The molecule has 0 aliphatic carbocycles. The predicted molar refractivity (Wildman–Crippen MR) is 77.3 cm³/mol. The molecule has 0 amide bonds. The first kappa shape index (κ1) is 19.9. The van der Waals surface area contributed by atoms with E-state index in [-0.39, 0.29) is 6.61 Å². The number of rotatable bonds is 5. The average Bonchev–Trinajstić information content (AvgIpc) is 2.42. The molecule has 0 saturated carbocycles. The third kappa shape index (κ3) is 5.80. The Balaban J connectivity index is 3.08. The molecule has 0 aromatic heterocycles. The molecular weight excluding hydrogens is 324 g/mol. The maximum atomic E-state index is 11.4. The number of carbonyl (C=O) groups is 4. The highest BCUT2D eigenvalue weighted by Gasteiger charge is 2.49. The Morgan fingerprint density at radius 3 is 1.75 bits per heavy atom. The highest BCUT2D eigenvalue weighted by molar-refractivity contribution is 5.68. The first-order chi connectivity index (χ1) is 11.1. The molecule has 1 heterocycles. The molecule has 9 heteroatoms. The summed E-state index contributed by atoms with van der Waals surface area (Å²) in [6.07, 6.45) is -3.93. The topological polar surface area (TPSA) is 114 Å². The van der Waals surface area contributed by atoms with E-state index in [2.05, 4.69) is 0 Å². The molecule has 9 nitrogen and oxygen atoms in total. The SMILES string of the molecule is CC(=O)OCC1OC(OC(C)=O)C(C)C(OC(C)=O)C1OC(C)=O. The minimum atomic E-state index is -1.04. The van der Waals surface area contributed by atoms with E-state index in [9.17, 15) is 19.2 Å². The van der Waals surface area contributed by atoms with Crippen LogP contribution in [0.4, 0.5) is 0 Å². The van der Waals surface area contributed by atoms with Crippen molar-refractivity contribution in [1.82, 2.24) is 0 Å². The van der Waals surface area contributed by atoms with Crippen molar-refractivity contribution in [2.75, 3.05) is 6.61 Å². The molecule has 1 aliphatic heterocycles. The second-order valence-electron chi connectivity index (χ2n) is 5.46. The summed E-state index contributed by atoms with van der Waals surface area (Å²) in [7, 11) is 0. The Morgan fingerprint density at radius 2 is 1.29 bits per heavy atom. The predicted octanol–water partition coefficient (Wildman–Crippen LogP) is 0.337. The van der Waals surface area contributed by atoms with Crippen LogP contribution in [0.5, 0.6) is 0 Å². The fraction of sp³-hybridized carbons (Fsp3) is 0.733. The van der Waals surface area contributed by atoms with Crippen LogP contribution in [-0.4, -0.2) is 55.1 Å². The molecule has 5 atom stereocenters. The van der Waals surface area contributed by atoms with Gasteiger partial charge in [-0.3, -0.25) is 19.2 Å². The van der Waals surface area contributed by atoms with Crippen LogP contribution in [0.3, 0.4) is 0 Å². The molecule has 24 heavy (non-hydrogen) atoms. The molecule has 1 fully saturated rings. The standard InChI is InChI=1S/C15H22O9/c1-7-13(21-9(3)17)14(22-10(4)18)12(6-20-8(2)16)24-15(7)23-11(5)19/h7,12-15H,6H2,1-5H3. The van der Waals surface area contributed by atoms with E-state index in [0.29, 0.717) is 0 Å². The summed E-state index contributed by atoms with van der Waals surface area (Å²) in [6.45, 7) is 6.18. The molecule has 0 aromatic rings. The smallest absolute Gasteiger partial charge is 0.304 e. The zero-order chi connectivity index (χ0) is 18.4. The van der Waals surface area contributed by atoms with Crippen molar-refractivity contribution in [2.24, 2.45) is 5.92 Å². The zero-order valence-electron chi connectivity index (χ0n) is 14.3. The first-order valence-electron chi connectivity index (χ1n) is 7.42. The summed E-state index contributed by atoms with van der Waals surface area (Å²) < 4.78 is 26.0. The lowest BCUT2D eigenvalue weighted by Gasteiger charge is -2.43. The molecule has 0 aromatic carbocycles. The Hall–Kier alpha value is -2.16. The van der Waals surface area contributed by atoms with E-state index in [1.165, 1.54) is 27.7 Å². The molecule has 0 bridgehead atoms. The normalized spacial score (nSPS) is 29.3. The Morgan fingerprint density at radius 1 is 0.792 bits per heavy atom. The van der Waals surface area contributed by atoms with Crippen molar-refractivity contribution in [3.63, 3.8) is 0 Å². The molecule has 5 unspecified atom stereocenters. The third-order valence-electron chi connectivity index (χ3n) is 3.28. The third-order valence-corrected chi connectivity index (χ3v) is 3.28. The molecule has 1 rings (SSSR count). The van der Waals surface area contributed by atoms with Gasteiger partial charge in [-0.25, -0.2) is 0 Å². The van der Waals surface area contributed by atoms with Gasteiger partial charge in [0.1, 0.15) is 18.8 Å². The summed E-state index contributed by atoms with van der Waals surface area (Å²) >= 11 is 0. The maximum Gasteiger partial charge on any atom is 0.304 e. The highest BCUT2D eigenvalue weighted by Crippen LogP contribution is 2.31. The lowest BCUT2D eigenvalue weighted by molar-refractivity contribution is -0.281. The lowest BCUT2D eigenvalue weighted by Crippen LogP contribution is -2.58. The van der Waals surface area contributed by atoms with Crippen LogP contribution in [0.15, 0.2) is 0 Å². The van der Waals surface area contributed by atoms with Gasteiger partial charge in [-0.15, -0.1) is 0 Å². The summed E-state index contributed by atoms with van der Waals surface area (Å²) in [5.74, 6) is -2.97. The molecule has 0 N–H and O–H groups in total. The number of hydrogen-bond donors (Lipinski definition) is 0. The molecular formula is C15H22O9. The van der Waals surface area contributed by atoms with Crippen LogP contribution in [0.1, 0.15) is 34.6 Å².